The van der Waals surface area contributed by atoms with Gasteiger partial charge in [0, 0.05) is 0 Å². The maximum absolute atomic E-state index is 4.72. The fourth-order valence-corrected chi connectivity index (χ4v) is 0.634. The number of aryl methyl sites for hydroxylation is 1. The Kier molecular flexibility index (Phi) is 1.73. The van der Waals surface area contributed by atoms with Crippen LogP contribution in [0.2, 0.25) is 0 Å². The number of ether oxygens (including phenoxy) is 1. The Morgan fingerprint density at radius 3 is 2.22 bits per heavy atom. The monoisotopic (exact) mass is 121 g/mol. The average Bonchev–Trinajstić information content (AvgIpc) is 1.90. The van der Waals surface area contributed by atoms with E-state index in [1.165, 1.54) is 5.56 Å². The van der Waals surface area contributed by atoms with E-state index in [2.05, 4.69) is 7.11 Å². The molecule has 1 heteroatoms. The van der Waals surface area contributed by atoms with Gasteiger partial charge in [0.15, 0.2) is 0 Å². The highest BCUT2D eigenvalue weighted by Crippen LogP contribution is 2.09. The van der Waals surface area contributed by atoms with Crippen molar-refractivity contribution in [3.63, 3.8) is 0 Å². The molecule has 0 unspecified atom stereocenters. The second kappa shape index (κ2) is 2.53. The molecule has 0 heterocycles. The Morgan fingerprint density at radius 2 is 1.78 bits per heavy atom. The summed E-state index contributed by atoms with van der Waals surface area (Å²) in [4.78, 5) is 0. The molecule has 0 N–H and O–H groups in total. The Balaban J connectivity index is 2.88. The number of rotatable bonds is 1. The summed E-state index contributed by atoms with van der Waals surface area (Å²) in [6.45, 7) is 2.03. The maximum atomic E-state index is 4.72. The molecule has 0 spiro atoms. The molecule has 9 heavy (non-hydrogen) atoms. The Bertz CT molecular complexity index is 176. The zero-order chi connectivity index (χ0) is 6.69. The normalized spacial score (nSPS) is 9.11. The lowest BCUT2D eigenvalue weighted by Crippen LogP contribution is -1.77. The third-order valence-corrected chi connectivity index (χ3v) is 1.19. The summed E-state index contributed by atoms with van der Waals surface area (Å²) in [5, 5.41) is 0. The second-order valence-corrected chi connectivity index (χ2v) is 1.96. The summed E-state index contributed by atoms with van der Waals surface area (Å²) < 4.78 is 4.72. The molecule has 1 aromatic carbocycles. The van der Waals surface area contributed by atoms with Gasteiger partial charge in [0.05, 0.1) is 0 Å². The Labute approximate surface area is 55.3 Å². The standard InChI is InChI=1S/C8H9O/c1-7-3-5-8(9-2)6-4-7/h3-6H,2H2,1H3. The second-order valence-electron chi connectivity index (χ2n) is 1.96. The minimum Gasteiger partial charge on any atom is -0.490 e. The van der Waals surface area contributed by atoms with Crippen LogP contribution in [-0.2, 0) is 0 Å². The molecule has 0 saturated carbocycles. The predicted molar refractivity (Wildman–Crippen MR) is 37.2 cm³/mol. The van der Waals surface area contributed by atoms with Crippen LogP contribution in [0.3, 0.4) is 0 Å². The molecule has 1 nitrogen and oxygen atoms in total. The van der Waals surface area contributed by atoms with E-state index in [0.717, 1.165) is 5.75 Å². The lowest BCUT2D eigenvalue weighted by molar-refractivity contribution is 0.473. The molecule has 0 aliphatic carbocycles. The highest BCUT2D eigenvalue weighted by atomic mass is 16.5. The third kappa shape index (κ3) is 1.46. The molecule has 0 saturated heterocycles. The number of benzene rings is 1. The predicted octanol–water partition coefficient (Wildman–Crippen LogP) is 2.17. The van der Waals surface area contributed by atoms with E-state index >= 15 is 0 Å². The first-order valence-electron chi connectivity index (χ1n) is 2.81. The number of hydrogen-bond donors (Lipinski definition) is 0. The van der Waals surface area contributed by atoms with Crippen molar-refractivity contribution in [3.8, 4) is 5.75 Å². The third-order valence-electron chi connectivity index (χ3n) is 1.19. The van der Waals surface area contributed by atoms with E-state index in [4.69, 9.17) is 4.74 Å². The summed E-state index contributed by atoms with van der Waals surface area (Å²) in [7, 11) is 3.29. The number of hydrogen-bond acceptors (Lipinski definition) is 1. The van der Waals surface area contributed by atoms with Gasteiger partial charge in [0.25, 0.3) is 0 Å². The zero-order valence-electron chi connectivity index (χ0n) is 5.42. The van der Waals surface area contributed by atoms with Crippen LogP contribution in [-0.4, -0.2) is 0 Å². The van der Waals surface area contributed by atoms with Crippen molar-refractivity contribution in [1.29, 1.82) is 0 Å². The van der Waals surface area contributed by atoms with Gasteiger partial charge >= 0.3 is 0 Å². The fourth-order valence-electron chi connectivity index (χ4n) is 0.634. The van der Waals surface area contributed by atoms with Gasteiger partial charge in [0.1, 0.15) is 12.9 Å². The van der Waals surface area contributed by atoms with E-state index in [1.807, 2.05) is 31.2 Å². The van der Waals surface area contributed by atoms with Gasteiger partial charge < -0.3 is 4.74 Å². The lowest BCUT2D eigenvalue weighted by atomic mass is 10.2. The highest BCUT2D eigenvalue weighted by molar-refractivity contribution is 5.26. The summed E-state index contributed by atoms with van der Waals surface area (Å²) in [5.74, 6) is 0.806. The van der Waals surface area contributed by atoms with Crippen molar-refractivity contribution < 1.29 is 4.74 Å². The lowest BCUT2D eigenvalue weighted by Gasteiger charge is -1.96. The first kappa shape index (κ1) is 6.14. The van der Waals surface area contributed by atoms with Crippen molar-refractivity contribution >= 4 is 0 Å². The van der Waals surface area contributed by atoms with E-state index < -0.39 is 0 Å². The van der Waals surface area contributed by atoms with Crippen molar-refractivity contribution in [3.05, 3.63) is 36.9 Å². The van der Waals surface area contributed by atoms with Gasteiger partial charge in [-0.3, -0.25) is 0 Å². The molecule has 1 aromatic rings. The van der Waals surface area contributed by atoms with E-state index in [-0.39, 0.29) is 0 Å². The van der Waals surface area contributed by atoms with Crippen LogP contribution < -0.4 is 4.74 Å². The van der Waals surface area contributed by atoms with Crippen molar-refractivity contribution in [1.82, 2.24) is 0 Å². The van der Waals surface area contributed by atoms with E-state index in [0.29, 0.717) is 0 Å². The first-order valence-corrected chi connectivity index (χ1v) is 2.81. The molecule has 0 amide bonds. The molecular formula is C8H9O. The van der Waals surface area contributed by atoms with Crippen molar-refractivity contribution in [2.45, 2.75) is 6.92 Å². The van der Waals surface area contributed by atoms with Crippen molar-refractivity contribution in [2.75, 3.05) is 0 Å². The quantitative estimate of drug-likeness (QED) is 0.553. The molecule has 1 rings (SSSR count). The van der Waals surface area contributed by atoms with Crippen molar-refractivity contribution in [2.24, 2.45) is 0 Å². The maximum Gasteiger partial charge on any atom is 0.122 e. The van der Waals surface area contributed by atoms with Gasteiger partial charge in [-0.15, -0.1) is 0 Å². The molecule has 0 atom stereocenters. The molecule has 0 bridgehead atoms. The molecule has 0 fully saturated rings. The van der Waals surface area contributed by atoms with E-state index in [9.17, 15) is 0 Å². The van der Waals surface area contributed by atoms with Crippen LogP contribution >= 0.6 is 0 Å². The summed E-state index contributed by atoms with van der Waals surface area (Å²) in [6.07, 6.45) is 0. The Morgan fingerprint density at radius 1 is 1.22 bits per heavy atom. The van der Waals surface area contributed by atoms with Gasteiger partial charge in [0.2, 0.25) is 0 Å². The van der Waals surface area contributed by atoms with Crippen LogP contribution in [0.4, 0.5) is 0 Å². The largest absolute Gasteiger partial charge is 0.490 e. The molecule has 0 aromatic heterocycles. The van der Waals surface area contributed by atoms with Gasteiger partial charge in [-0.05, 0) is 19.1 Å². The SMILES string of the molecule is [CH2]Oc1ccc(C)cc1. The molecular weight excluding hydrogens is 112 g/mol. The van der Waals surface area contributed by atoms with Crippen LogP contribution in [0.15, 0.2) is 24.3 Å². The molecule has 1 radical (unpaired) electrons. The molecule has 0 aliphatic rings. The first-order chi connectivity index (χ1) is 4.33. The minimum atomic E-state index is 0.806. The van der Waals surface area contributed by atoms with Gasteiger partial charge in [-0.1, -0.05) is 17.7 Å². The minimum absolute atomic E-state index is 0.806. The topological polar surface area (TPSA) is 9.23 Å². The summed E-state index contributed by atoms with van der Waals surface area (Å²) in [6, 6.07) is 7.76. The fraction of sp³-hybridized carbons (Fsp3) is 0.125. The van der Waals surface area contributed by atoms with Crippen LogP contribution in [0.5, 0.6) is 5.75 Å². The Hall–Kier alpha value is -0.980. The molecule has 0 aliphatic heterocycles. The van der Waals surface area contributed by atoms with Gasteiger partial charge in [-0.2, -0.15) is 0 Å². The smallest absolute Gasteiger partial charge is 0.122 e. The zero-order valence-corrected chi connectivity index (χ0v) is 5.42. The summed E-state index contributed by atoms with van der Waals surface area (Å²) in [5.41, 5.74) is 1.23. The van der Waals surface area contributed by atoms with Crippen LogP contribution in [0, 0.1) is 14.0 Å². The highest BCUT2D eigenvalue weighted by Gasteiger charge is 1.85. The summed E-state index contributed by atoms with van der Waals surface area (Å²) >= 11 is 0. The molecule has 47 valence electrons. The van der Waals surface area contributed by atoms with Gasteiger partial charge in [-0.25, -0.2) is 0 Å². The van der Waals surface area contributed by atoms with Crippen LogP contribution in [0.1, 0.15) is 5.56 Å². The van der Waals surface area contributed by atoms with Crippen LogP contribution in [0.25, 0.3) is 0 Å². The average molecular weight is 121 g/mol. The van der Waals surface area contributed by atoms with E-state index in [1.54, 1.807) is 0 Å².